The largest absolute Gasteiger partial charge is 0.484 e. The van der Waals surface area contributed by atoms with Gasteiger partial charge in [0.25, 0.3) is 5.91 Å². The van der Waals surface area contributed by atoms with Crippen LogP contribution in [0.4, 0.5) is 5.69 Å². The number of rotatable bonds is 5. The molecule has 0 bridgehead atoms. The minimum absolute atomic E-state index is 0.0147. The van der Waals surface area contributed by atoms with Crippen molar-refractivity contribution in [2.45, 2.75) is 20.8 Å². The summed E-state index contributed by atoms with van der Waals surface area (Å²) in [6, 6.07) is 11.6. The highest BCUT2D eigenvalue weighted by atomic mass is 16.5. The number of nitrogens with zero attached hydrogens (tertiary/aromatic N) is 2. The number of piperazine rings is 1. The SMILES string of the molecule is Cc1cccc(OCC(=O)N2CCN(c3c(C)cc(C=O)cc3C)CC2)c1. The third kappa shape index (κ3) is 4.48. The van der Waals surface area contributed by atoms with Gasteiger partial charge >= 0.3 is 0 Å². The summed E-state index contributed by atoms with van der Waals surface area (Å²) in [5.74, 6) is 0.740. The van der Waals surface area contributed by atoms with Crippen LogP contribution in [0, 0.1) is 20.8 Å². The predicted molar refractivity (Wildman–Crippen MR) is 107 cm³/mol. The molecule has 1 aliphatic heterocycles. The monoisotopic (exact) mass is 366 g/mol. The zero-order valence-electron chi connectivity index (χ0n) is 16.2. The van der Waals surface area contributed by atoms with Gasteiger partial charge in [-0.25, -0.2) is 0 Å². The fraction of sp³-hybridized carbons (Fsp3) is 0.364. The maximum atomic E-state index is 12.5. The van der Waals surface area contributed by atoms with Gasteiger partial charge in [0.15, 0.2) is 6.61 Å². The molecule has 0 aliphatic carbocycles. The number of aryl methyl sites for hydroxylation is 3. The highest BCUT2D eigenvalue weighted by Crippen LogP contribution is 2.27. The highest BCUT2D eigenvalue weighted by Gasteiger charge is 2.23. The maximum absolute atomic E-state index is 12.5. The van der Waals surface area contributed by atoms with Crippen molar-refractivity contribution in [3.63, 3.8) is 0 Å². The summed E-state index contributed by atoms with van der Waals surface area (Å²) >= 11 is 0. The van der Waals surface area contributed by atoms with Gasteiger partial charge < -0.3 is 14.5 Å². The average Bonchev–Trinajstić information content (AvgIpc) is 2.66. The Labute approximate surface area is 160 Å². The quantitative estimate of drug-likeness (QED) is 0.763. The molecular formula is C22H26N2O3. The van der Waals surface area contributed by atoms with Crippen molar-refractivity contribution in [3.05, 3.63) is 58.7 Å². The van der Waals surface area contributed by atoms with Crippen molar-refractivity contribution >= 4 is 17.9 Å². The van der Waals surface area contributed by atoms with E-state index in [-0.39, 0.29) is 12.5 Å². The van der Waals surface area contributed by atoms with Crippen LogP contribution in [-0.2, 0) is 4.79 Å². The van der Waals surface area contributed by atoms with Crippen molar-refractivity contribution in [1.29, 1.82) is 0 Å². The zero-order chi connectivity index (χ0) is 19.4. The van der Waals surface area contributed by atoms with Gasteiger partial charge in [0.2, 0.25) is 0 Å². The number of carbonyl (C=O) groups excluding carboxylic acids is 2. The number of anilines is 1. The number of aldehydes is 1. The number of ether oxygens (including phenoxy) is 1. The van der Waals surface area contributed by atoms with E-state index in [1.807, 2.05) is 62.1 Å². The molecule has 0 spiro atoms. The summed E-state index contributed by atoms with van der Waals surface area (Å²) in [6.45, 7) is 9.02. The Balaban J connectivity index is 1.57. The second kappa shape index (κ2) is 8.25. The van der Waals surface area contributed by atoms with Crippen molar-refractivity contribution in [3.8, 4) is 5.75 Å². The van der Waals surface area contributed by atoms with Gasteiger partial charge in [-0.3, -0.25) is 9.59 Å². The Kier molecular flexibility index (Phi) is 5.79. The van der Waals surface area contributed by atoms with Crippen LogP contribution in [0.1, 0.15) is 27.0 Å². The van der Waals surface area contributed by atoms with Crippen LogP contribution in [0.15, 0.2) is 36.4 Å². The number of benzene rings is 2. The fourth-order valence-electron chi connectivity index (χ4n) is 3.68. The molecule has 5 heteroatoms. The van der Waals surface area contributed by atoms with Crippen molar-refractivity contribution in [2.75, 3.05) is 37.7 Å². The summed E-state index contributed by atoms with van der Waals surface area (Å²) in [4.78, 5) is 27.6. The Morgan fingerprint density at radius 2 is 1.70 bits per heavy atom. The molecule has 2 aromatic rings. The van der Waals surface area contributed by atoms with E-state index >= 15 is 0 Å². The number of hydrogen-bond acceptors (Lipinski definition) is 4. The third-order valence-electron chi connectivity index (χ3n) is 4.95. The molecule has 1 fully saturated rings. The second-order valence-corrected chi connectivity index (χ2v) is 7.09. The number of amides is 1. The smallest absolute Gasteiger partial charge is 0.260 e. The lowest BCUT2D eigenvalue weighted by Crippen LogP contribution is -2.50. The summed E-state index contributed by atoms with van der Waals surface area (Å²) < 4.78 is 5.64. The normalized spacial score (nSPS) is 14.2. The lowest BCUT2D eigenvalue weighted by atomic mass is 10.0. The molecule has 27 heavy (non-hydrogen) atoms. The maximum Gasteiger partial charge on any atom is 0.260 e. The van der Waals surface area contributed by atoms with Crippen molar-refractivity contribution < 1.29 is 14.3 Å². The molecule has 5 nitrogen and oxygen atoms in total. The summed E-state index contributed by atoms with van der Waals surface area (Å²) in [6.07, 6.45) is 0.884. The van der Waals surface area contributed by atoms with Crippen molar-refractivity contribution in [2.24, 2.45) is 0 Å². The first-order valence-electron chi connectivity index (χ1n) is 9.26. The standard InChI is InChI=1S/C22H26N2O3/c1-16-5-4-6-20(11-16)27-15-21(26)23-7-9-24(10-8-23)22-17(2)12-19(14-25)13-18(22)3/h4-6,11-14H,7-10,15H2,1-3H3. The molecule has 2 aromatic carbocycles. The summed E-state index contributed by atoms with van der Waals surface area (Å²) in [5.41, 5.74) is 5.18. The third-order valence-corrected chi connectivity index (χ3v) is 4.95. The molecule has 0 atom stereocenters. The first-order valence-corrected chi connectivity index (χ1v) is 9.26. The van der Waals surface area contributed by atoms with E-state index < -0.39 is 0 Å². The second-order valence-electron chi connectivity index (χ2n) is 7.09. The zero-order valence-corrected chi connectivity index (χ0v) is 16.2. The van der Waals surface area contributed by atoms with Gasteiger partial charge in [0.05, 0.1) is 0 Å². The van der Waals surface area contributed by atoms with Gasteiger partial charge in [-0.2, -0.15) is 0 Å². The van der Waals surface area contributed by atoms with Crippen LogP contribution in [0.2, 0.25) is 0 Å². The van der Waals surface area contributed by atoms with E-state index in [1.54, 1.807) is 0 Å². The minimum atomic E-state index is 0.0147. The molecule has 142 valence electrons. The Hall–Kier alpha value is -2.82. The molecule has 3 rings (SSSR count). The topological polar surface area (TPSA) is 49.9 Å². The van der Waals surface area contributed by atoms with E-state index in [1.165, 1.54) is 5.69 Å². The molecule has 1 aliphatic rings. The molecule has 1 saturated heterocycles. The Bertz CT molecular complexity index is 816. The predicted octanol–water partition coefficient (Wildman–Crippen LogP) is 3.15. The number of carbonyl (C=O) groups is 2. The molecular weight excluding hydrogens is 340 g/mol. The van der Waals surface area contributed by atoms with Gasteiger partial charge in [-0.05, 0) is 61.7 Å². The first kappa shape index (κ1) is 19.0. The van der Waals surface area contributed by atoms with Crippen LogP contribution < -0.4 is 9.64 Å². The van der Waals surface area contributed by atoms with Gasteiger partial charge in [0, 0.05) is 37.4 Å². The Morgan fingerprint density at radius 1 is 1.04 bits per heavy atom. The van der Waals surface area contributed by atoms with E-state index in [2.05, 4.69) is 4.90 Å². The van der Waals surface area contributed by atoms with Crippen LogP contribution in [0.3, 0.4) is 0 Å². The van der Waals surface area contributed by atoms with Gasteiger partial charge in [0.1, 0.15) is 12.0 Å². The van der Waals surface area contributed by atoms with Crippen LogP contribution in [-0.4, -0.2) is 49.9 Å². The Morgan fingerprint density at radius 3 is 2.30 bits per heavy atom. The molecule has 1 amide bonds. The van der Waals surface area contributed by atoms with E-state index in [9.17, 15) is 9.59 Å². The highest BCUT2D eigenvalue weighted by molar-refractivity contribution is 5.79. The van der Waals surface area contributed by atoms with E-state index in [0.717, 1.165) is 41.8 Å². The first-order chi connectivity index (χ1) is 13.0. The molecule has 0 unspecified atom stereocenters. The van der Waals surface area contributed by atoms with E-state index in [0.29, 0.717) is 18.7 Å². The van der Waals surface area contributed by atoms with Gasteiger partial charge in [-0.1, -0.05) is 12.1 Å². The van der Waals surface area contributed by atoms with E-state index in [4.69, 9.17) is 4.74 Å². The molecule has 1 heterocycles. The van der Waals surface area contributed by atoms with Crippen LogP contribution in [0.25, 0.3) is 0 Å². The average molecular weight is 366 g/mol. The minimum Gasteiger partial charge on any atom is -0.484 e. The molecule has 0 N–H and O–H groups in total. The molecule has 0 radical (unpaired) electrons. The molecule has 0 aromatic heterocycles. The fourth-order valence-corrected chi connectivity index (χ4v) is 3.68. The van der Waals surface area contributed by atoms with Crippen LogP contribution >= 0.6 is 0 Å². The summed E-state index contributed by atoms with van der Waals surface area (Å²) in [7, 11) is 0. The summed E-state index contributed by atoms with van der Waals surface area (Å²) in [5, 5.41) is 0. The van der Waals surface area contributed by atoms with Crippen LogP contribution in [0.5, 0.6) is 5.75 Å². The van der Waals surface area contributed by atoms with Crippen molar-refractivity contribution in [1.82, 2.24) is 4.90 Å². The van der Waals surface area contributed by atoms with Gasteiger partial charge in [-0.15, -0.1) is 0 Å². The lowest BCUT2D eigenvalue weighted by molar-refractivity contribution is -0.133. The lowest BCUT2D eigenvalue weighted by Gasteiger charge is -2.37. The number of hydrogen-bond donors (Lipinski definition) is 0. The molecule has 0 saturated carbocycles.